The maximum atomic E-state index is 6.40. The van der Waals surface area contributed by atoms with Gasteiger partial charge in [0.15, 0.2) is 0 Å². The Morgan fingerprint density at radius 1 is 1.33 bits per heavy atom. The first kappa shape index (κ1) is 12.2. The summed E-state index contributed by atoms with van der Waals surface area (Å²) < 4.78 is 0. The largest absolute Gasteiger partial charge is 0.355 e. The third kappa shape index (κ3) is 1.99. The number of aromatic nitrogens is 1. The molecule has 0 bridgehead atoms. The van der Waals surface area contributed by atoms with E-state index in [1.54, 1.807) is 0 Å². The highest BCUT2D eigenvalue weighted by Crippen LogP contribution is 2.46. The maximum absolute atomic E-state index is 6.40. The predicted octanol–water partition coefficient (Wildman–Crippen LogP) is 2.96. The SMILES string of the molecule is NCc1ccnc(N2CCC3(CCCC3)C2)c1Cl. The number of hydrogen-bond acceptors (Lipinski definition) is 3. The Labute approximate surface area is 113 Å². The molecule has 0 atom stereocenters. The van der Waals surface area contributed by atoms with Gasteiger partial charge in [-0.1, -0.05) is 24.4 Å². The summed E-state index contributed by atoms with van der Waals surface area (Å²) in [5.74, 6) is 0.934. The number of halogens is 1. The van der Waals surface area contributed by atoms with Crippen molar-refractivity contribution in [2.75, 3.05) is 18.0 Å². The highest BCUT2D eigenvalue weighted by atomic mass is 35.5. The van der Waals surface area contributed by atoms with Gasteiger partial charge in [-0.2, -0.15) is 0 Å². The summed E-state index contributed by atoms with van der Waals surface area (Å²) in [7, 11) is 0. The third-order valence-electron chi connectivity index (χ3n) is 4.57. The fraction of sp³-hybridized carbons (Fsp3) is 0.643. The Hall–Kier alpha value is -0.800. The summed E-state index contributed by atoms with van der Waals surface area (Å²) >= 11 is 6.40. The first-order valence-electron chi connectivity index (χ1n) is 6.82. The lowest BCUT2D eigenvalue weighted by Gasteiger charge is -2.24. The molecule has 1 aliphatic carbocycles. The molecule has 1 saturated carbocycles. The average molecular weight is 266 g/mol. The number of nitrogens with zero attached hydrogens (tertiary/aromatic N) is 2. The minimum Gasteiger partial charge on any atom is -0.355 e. The van der Waals surface area contributed by atoms with Gasteiger partial charge in [-0.05, 0) is 36.3 Å². The van der Waals surface area contributed by atoms with Crippen LogP contribution < -0.4 is 10.6 Å². The lowest BCUT2D eigenvalue weighted by molar-refractivity contribution is 0.340. The second-order valence-corrected chi connectivity index (χ2v) is 6.07. The number of nitrogens with two attached hydrogens (primary N) is 1. The van der Waals surface area contributed by atoms with Gasteiger partial charge in [-0.25, -0.2) is 4.98 Å². The second-order valence-electron chi connectivity index (χ2n) is 5.69. The highest BCUT2D eigenvalue weighted by Gasteiger charge is 2.41. The first-order valence-corrected chi connectivity index (χ1v) is 7.20. The molecular weight excluding hydrogens is 246 g/mol. The molecule has 1 spiro atoms. The fourth-order valence-electron chi connectivity index (χ4n) is 3.50. The minimum absolute atomic E-state index is 0.480. The summed E-state index contributed by atoms with van der Waals surface area (Å²) in [6, 6.07) is 1.91. The molecule has 3 nitrogen and oxygen atoms in total. The van der Waals surface area contributed by atoms with E-state index in [1.165, 1.54) is 32.1 Å². The van der Waals surface area contributed by atoms with Gasteiger partial charge in [0.25, 0.3) is 0 Å². The molecule has 2 aliphatic rings. The first-order chi connectivity index (χ1) is 8.74. The summed E-state index contributed by atoms with van der Waals surface area (Å²) in [5, 5.41) is 0.745. The molecule has 2 heterocycles. The van der Waals surface area contributed by atoms with Gasteiger partial charge < -0.3 is 10.6 Å². The third-order valence-corrected chi connectivity index (χ3v) is 4.98. The highest BCUT2D eigenvalue weighted by molar-refractivity contribution is 6.33. The van der Waals surface area contributed by atoms with E-state index in [-0.39, 0.29) is 0 Å². The van der Waals surface area contributed by atoms with Crippen LogP contribution in [0.4, 0.5) is 5.82 Å². The van der Waals surface area contributed by atoms with Gasteiger partial charge in [0.05, 0.1) is 5.02 Å². The van der Waals surface area contributed by atoms with Gasteiger partial charge >= 0.3 is 0 Å². The molecule has 3 rings (SSSR count). The van der Waals surface area contributed by atoms with Crippen LogP contribution in [0, 0.1) is 5.41 Å². The number of rotatable bonds is 2. The lowest BCUT2D eigenvalue weighted by Crippen LogP contribution is -2.26. The van der Waals surface area contributed by atoms with Gasteiger partial charge in [-0.3, -0.25) is 0 Å². The Morgan fingerprint density at radius 2 is 2.11 bits per heavy atom. The summed E-state index contributed by atoms with van der Waals surface area (Å²) in [4.78, 5) is 6.82. The lowest BCUT2D eigenvalue weighted by atomic mass is 9.86. The second kappa shape index (κ2) is 4.71. The quantitative estimate of drug-likeness (QED) is 0.894. The summed E-state index contributed by atoms with van der Waals surface area (Å²) in [6.07, 6.45) is 8.63. The van der Waals surface area contributed by atoms with Crippen molar-refractivity contribution in [1.29, 1.82) is 0 Å². The molecule has 98 valence electrons. The molecular formula is C14H20ClN3. The molecule has 0 radical (unpaired) electrons. The Bertz CT molecular complexity index is 441. The Morgan fingerprint density at radius 3 is 2.83 bits per heavy atom. The van der Waals surface area contributed by atoms with Gasteiger partial charge in [0, 0.05) is 25.8 Å². The van der Waals surface area contributed by atoms with Crippen molar-refractivity contribution in [2.45, 2.75) is 38.6 Å². The number of hydrogen-bond donors (Lipinski definition) is 1. The van der Waals surface area contributed by atoms with Crippen molar-refractivity contribution in [1.82, 2.24) is 4.98 Å². The zero-order valence-electron chi connectivity index (χ0n) is 10.7. The van der Waals surface area contributed by atoms with Crippen LogP contribution in [-0.4, -0.2) is 18.1 Å². The maximum Gasteiger partial charge on any atom is 0.147 e. The van der Waals surface area contributed by atoms with Gasteiger partial charge in [0.1, 0.15) is 5.82 Å². The molecule has 4 heteroatoms. The zero-order chi connectivity index (χ0) is 12.6. The molecule has 1 aliphatic heterocycles. The molecule has 0 aromatic carbocycles. The van der Waals surface area contributed by atoms with Crippen LogP contribution in [0.3, 0.4) is 0 Å². The van der Waals surface area contributed by atoms with E-state index < -0.39 is 0 Å². The van der Waals surface area contributed by atoms with Gasteiger partial charge in [-0.15, -0.1) is 0 Å². The van der Waals surface area contributed by atoms with Crippen LogP contribution in [0.5, 0.6) is 0 Å². The molecule has 1 aromatic heterocycles. The normalized spacial score (nSPS) is 22.0. The molecule has 1 saturated heterocycles. The van der Waals surface area contributed by atoms with Crippen LogP contribution in [0.2, 0.25) is 5.02 Å². The van der Waals surface area contributed by atoms with Crippen molar-refractivity contribution >= 4 is 17.4 Å². The topological polar surface area (TPSA) is 42.1 Å². The van der Waals surface area contributed by atoms with E-state index in [0.29, 0.717) is 12.0 Å². The predicted molar refractivity (Wildman–Crippen MR) is 74.9 cm³/mol. The van der Waals surface area contributed by atoms with E-state index in [0.717, 1.165) is 29.5 Å². The monoisotopic (exact) mass is 265 g/mol. The van der Waals surface area contributed by atoms with Crippen LogP contribution in [0.15, 0.2) is 12.3 Å². The van der Waals surface area contributed by atoms with E-state index in [2.05, 4.69) is 9.88 Å². The molecule has 1 aromatic rings. The van der Waals surface area contributed by atoms with Crippen molar-refractivity contribution in [3.63, 3.8) is 0 Å². The molecule has 2 fully saturated rings. The van der Waals surface area contributed by atoms with E-state index >= 15 is 0 Å². The number of anilines is 1. The van der Waals surface area contributed by atoms with Crippen LogP contribution in [0.1, 0.15) is 37.7 Å². The van der Waals surface area contributed by atoms with Crippen molar-refractivity contribution in [3.8, 4) is 0 Å². The molecule has 0 amide bonds. The van der Waals surface area contributed by atoms with Crippen molar-refractivity contribution < 1.29 is 0 Å². The van der Waals surface area contributed by atoms with E-state index in [1.807, 2.05) is 12.3 Å². The van der Waals surface area contributed by atoms with Crippen molar-refractivity contribution in [2.24, 2.45) is 11.1 Å². The fourth-order valence-corrected chi connectivity index (χ4v) is 3.81. The smallest absolute Gasteiger partial charge is 0.147 e. The van der Waals surface area contributed by atoms with E-state index in [4.69, 9.17) is 17.3 Å². The summed E-state index contributed by atoms with van der Waals surface area (Å²) in [5.41, 5.74) is 7.24. The molecule has 2 N–H and O–H groups in total. The van der Waals surface area contributed by atoms with Crippen LogP contribution in [-0.2, 0) is 6.54 Å². The Balaban J connectivity index is 1.84. The van der Waals surface area contributed by atoms with E-state index in [9.17, 15) is 0 Å². The van der Waals surface area contributed by atoms with Crippen LogP contribution in [0.25, 0.3) is 0 Å². The summed E-state index contributed by atoms with van der Waals surface area (Å²) in [6.45, 7) is 2.68. The van der Waals surface area contributed by atoms with Gasteiger partial charge in [0.2, 0.25) is 0 Å². The number of pyridine rings is 1. The van der Waals surface area contributed by atoms with Crippen molar-refractivity contribution in [3.05, 3.63) is 22.8 Å². The molecule has 18 heavy (non-hydrogen) atoms. The standard InChI is InChI=1S/C14H20ClN3/c15-12-11(9-16)3-7-17-13(12)18-8-6-14(10-18)4-1-2-5-14/h3,7H,1-2,4-6,8-10,16H2. The van der Waals surface area contributed by atoms with Crippen LogP contribution >= 0.6 is 11.6 Å². The Kier molecular flexibility index (Phi) is 3.20. The average Bonchev–Trinajstić information content (AvgIpc) is 3.01. The molecule has 0 unspecified atom stereocenters. The minimum atomic E-state index is 0.480. The zero-order valence-corrected chi connectivity index (χ0v) is 11.4.